The summed E-state index contributed by atoms with van der Waals surface area (Å²) in [5, 5.41) is 12.7. The van der Waals surface area contributed by atoms with E-state index in [1.165, 1.54) is 0 Å². The van der Waals surface area contributed by atoms with Gasteiger partial charge >= 0.3 is 0 Å². The van der Waals surface area contributed by atoms with Gasteiger partial charge < -0.3 is 20.9 Å². The van der Waals surface area contributed by atoms with Crippen LogP contribution in [0.5, 0.6) is 5.75 Å². The molecular weight excluding hydrogens is 204 g/mol. The monoisotopic (exact) mass is 224 g/mol. The largest absolute Gasteiger partial charge is 0.491 e. The average Bonchev–Trinajstić information content (AvgIpc) is 2.23. The summed E-state index contributed by atoms with van der Waals surface area (Å²) in [6.45, 7) is 4.86. The van der Waals surface area contributed by atoms with E-state index in [1.54, 1.807) is 12.1 Å². The molecule has 4 heteroatoms. The number of anilines is 1. The Kier molecular flexibility index (Phi) is 5.08. The normalized spacial score (nSPS) is 12.8. The van der Waals surface area contributed by atoms with Crippen LogP contribution in [-0.2, 0) is 0 Å². The fraction of sp³-hybridized carbons (Fsp3) is 0.500. The third-order valence-corrected chi connectivity index (χ3v) is 2.06. The maximum Gasteiger partial charge on any atom is 0.121 e. The van der Waals surface area contributed by atoms with Gasteiger partial charge in [0.2, 0.25) is 0 Å². The molecule has 16 heavy (non-hydrogen) atoms. The van der Waals surface area contributed by atoms with Crippen molar-refractivity contribution in [3.05, 3.63) is 24.3 Å². The highest BCUT2D eigenvalue weighted by Gasteiger charge is 2.05. The van der Waals surface area contributed by atoms with Crippen molar-refractivity contribution in [1.29, 1.82) is 0 Å². The van der Waals surface area contributed by atoms with Gasteiger partial charge in [0.1, 0.15) is 18.5 Å². The van der Waals surface area contributed by atoms with Crippen LogP contribution < -0.4 is 15.8 Å². The summed E-state index contributed by atoms with van der Waals surface area (Å²) in [5.41, 5.74) is 6.27. The Hall–Kier alpha value is -1.26. The van der Waals surface area contributed by atoms with Crippen molar-refractivity contribution >= 4 is 5.69 Å². The molecule has 1 unspecified atom stereocenters. The Labute approximate surface area is 96.4 Å². The second-order valence-corrected chi connectivity index (χ2v) is 4.10. The van der Waals surface area contributed by atoms with Gasteiger partial charge in [0.25, 0.3) is 0 Å². The highest BCUT2D eigenvalue weighted by molar-refractivity contribution is 5.43. The first-order valence-corrected chi connectivity index (χ1v) is 5.47. The molecule has 0 aliphatic rings. The number of hydrogen-bond acceptors (Lipinski definition) is 4. The molecule has 90 valence electrons. The van der Waals surface area contributed by atoms with Gasteiger partial charge in [-0.3, -0.25) is 0 Å². The van der Waals surface area contributed by atoms with Crippen molar-refractivity contribution in [3.8, 4) is 5.75 Å². The predicted octanol–water partition coefficient (Wildman–Crippen LogP) is 1.01. The Morgan fingerprint density at radius 2 is 2.19 bits per heavy atom. The van der Waals surface area contributed by atoms with Crippen LogP contribution in [0.3, 0.4) is 0 Å². The molecule has 0 amide bonds. The second kappa shape index (κ2) is 6.35. The van der Waals surface area contributed by atoms with Crippen molar-refractivity contribution in [1.82, 2.24) is 5.32 Å². The van der Waals surface area contributed by atoms with Gasteiger partial charge in [-0.2, -0.15) is 0 Å². The highest BCUT2D eigenvalue weighted by atomic mass is 16.5. The van der Waals surface area contributed by atoms with Crippen molar-refractivity contribution in [2.24, 2.45) is 0 Å². The van der Waals surface area contributed by atoms with E-state index >= 15 is 0 Å². The molecular formula is C12H20N2O2. The van der Waals surface area contributed by atoms with Gasteiger partial charge in [0.05, 0.1) is 0 Å². The SMILES string of the molecule is CC(C)NCC(O)COc1cccc(N)c1. The van der Waals surface area contributed by atoms with Gasteiger partial charge in [-0.15, -0.1) is 0 Å². The Morgan fingerprint density at radius 1 is 1.44 bits per heavy atom. The van der Waals surface area contributed by atoms with Crippen LogP contribution in [0.15, 0.2) is 24.3 Å². The molecule has 0 saturated carbocycles. The lowest BCUT2D eigenvalue weighted by molar-refractivity contribution is 0.104. The first kappa shape index (κ1) is 12.8. The van der Waals surface area contributed by atoms with E-state index in [1.807, 2.05) is 26.0 Å². The van der Waals surface area contributed by atoms with Crippen LogP contribution in [-0.4, -0.2) is 30.4 Å². The molecule has 0 aromatic heterocycles. The fourth-order valence-electron chi connectivity index (χ4n) is 1.23. The van der Waals surface area contributed by atoms with E-state index < -0.39 is 6.10 Å². The van der Waals surface area contributed by atoms with Crippen molar-refractivity contribution in [2.75, 3.05) is 18.9 Å². The number of hydrogen-bond donors (Lipinski definition) is 3. The zero-order valence-corrected chi connectivity index (χ0v) is 9.81. The summed E-state index contributed by atoms with van der Waals surface area (Å²) in [4.78, 5) is 0. The van der Waals surface area contributed by atoms with Gasteiger partial charge in [0.15, 0.2) is 0 Å². The molecule has 0 bridgehead atoms. The molecule has 1 aromatic carbocycles. The lowest BCUT2D eigenvalue weighted by atomic mass is 10.3. The summed E-state index contributed by atoms with van der Waals surface area (Å²) < 4.78 is 5.41. The zero-order chi connectivity index (χ0) is 12.0. The molecule has 0 saturated heterocycles. The molecule has 4 N–H and O–H groups in total. The maximum absolute atomic E-state index is 9.61. The summed E-state index contributed by atoms with van der Waals surface area (Å²) in [5.74, 6) is 0.684. The molecule has 1 atom stereocenters. The number of ether oxygens (including phenoxy) is 1. The summed E-state index contributed by atoms with van der Waals surface area (Å²) in [6.07, 6.45) is -0.510. The van der Waals surface area contributed by atoms with Crippen molar-refractivity contribution in [3.63, 3.8) is 0 Å². The zero-order valence-electron chi connectivity index (χ0n) is 9.81. The molecule has 0 heterocycles. The smallest absolute Gasteiger partial charge is 0.121 e. The third-order valence-electron chi connectivity index (χ3n) is 2.06. The third kappa shape index (κ3) is 5.00. The lowest BCUT2D eigenvalue weighted by Crippen LogP contribution is -2.35. The molecule has 1 aromatic rings. The number of aliphatic hydroxyl groups excluding tert-OH is 1. The first-order valence-electron chi connectivity index (χ1n) is 5.47. The number of nitrogens with one attached hydrogen (secondary N) is 1. The number of aliphatic hydroxyl groups is 1. The predicted molar refractivity (Wildman–Crippen MR) is 65.5 cm³/mol. The van der Waals surface area contributed by atoms with E-state index in [4.69, 9.17) is 10.5 Å². The molecule has 1 rings (SSSR count). The molecule has 0 aliphatic heterocycles. The number of benzene rings is 1. The summed E-state index contributed by atoms with van der Waals surface area (Å²) in [6, 6.07) is 7.54. The van der Waals surface area contributed by atoms with Gasteiger partial charge in [-0.25, -0.2) is 0 Å². The van der Waals surface area contributed by atoms with Crippen LogP contribution in [0, 0.1) is 0 Å². The van der Waals surface area contributed by atoms with E-state index in [0.717, 1.165) is 0 Å². The molecule has 4 nitrogen and oxygen atoms in total. The lowest BCUT2D eigenvalue weighted by Gasteiger charge is -2.15. The minimum atomic E-state index is -0.510. The van der Waals surface area contributed by atoms with Crippen LogP contribution in [0.1, 0.15) is 13.8 Å². The number of rotatable bonds is 6. The first-order chi connectivity index (χ1) is 7.58. The Balaban J connectivity index is 2.28. The Bertz CT molecular complexity index is 316. The minimum Gasteiger partial charge on any atom is -0.491 e. The quantitative estimate of drug-likeness (QED) is 0.631. The molecule has 0 fully saturated rings. The minimum absolute atomic E-state index is 0.267. The summed E-state index contributed by atoms with van der Waals surface area (Å²) >= 11 is 0. The van der Waals surface area contributed by atoms with Crippen molar-refractivity contribution in [2.45, 2.75) is 26.0 Å². The number of nitrogens with two attached hydrogens (primary N) is 1. The summed E-state index contributed by atoms with van der Waals surface area (Å²) in [7, 11) is 0. The van der Waals surface area contributed by atoms with E-state index in [2.05, 4.69) is 5.32 Å². The van der Waals surface area contributed by atoms with Crippen molar-refractivity contribution < 1.29 is 9.84 Å². The number of nitrogen functional groups attached to an aromatic ring is 1. The fourth-order valence-corrected chi connectivity index (χ4v) is 1.23. The molecule has 0 aliphatic carbocycles. The standard InChI is InChI=1S/C12H20N2O2/c1-9(2)14-7-11(15)8-16-12-5-3-4-10(13)6-12/h3-6,9,11,14-15H,7-8,13H2,1-2H3. The van der Waals surface area contributed by atoms with Crippen LogP contribution in [0.25, 0.3) is 0 Å². The maximum atomic E-state index is 9.61. The van der Waals surface area contributed by atoms with E-state index in [-0.39, 0.29) is 6.61 Å². The second-order valence-electron chi connectivity index (χ2n) is 4.10. The van der Waals surface area contributed by atoms with Gasteiger partial charge in [-0.1, -0.05) is 19.9 Å². The molecule has 0 radical (unpaired) electrons. The van der Waals surface area contributed by atoms with Crippen LogP contribution >= 0.6 is 0 Å². The van der Waals surface area contributed by atoms with Crippen LogP contribution in [0.2, 0.25) is 0 Å². The average molecular weight is 224 g/mol. The van der Waals surface area contributed by atoms with E-state index in [0.29, 0.717) is 24.0 Å². The van der Waals surface area contributed by atoms with Gasteiger partial charge in [0, 0.05) is 24.3 Å². The topological polar surface area (TPSA) is 67.5 Å². The highest BCUT2D eigenvalue weighted by Crippen LogP contribution is 2.14. The van der Waals surface area contributed by atoms with E-state index in [9.17, 15) is 5.11 Å². The van der Waals surface area contributed by atoms with Gasteiger partial charge in [-0.05, 0) is 12.1 Å². The molecule has 0 spiro atoms. The van der Waals surface area contributed by atoms with Crippen LogP contribution in [0.4, 0.5) is 5.69 Å². The Morgan fingerprint density at radius 3 is 2.81 bits per heavy atom.